The van der Waals surface area contributed by atoms with Gasteiger partial charge in [0.15, 0.2) is 0 Å². The van der Waals surface area contributed by atoms with Crippen molar-refractivity contribution in [2.75, 3.05) is 19.6 Å². The smallest absolute Gasteiger partial charge is 0.126 e. The Morgan fingerprint density at radius 1 is 1.27 bits per heavy atom. The van der Waals surface area contributed by atoms with Crippen LogP contribution in [0.2, 0.25) is 0 Å². The number of nitrogens with zero attached hydrogens (tertiary/aromatic N) is 3. The Bertz CT molecular complexity index is 643. The zero-order chi connectivity index (χ0) is 14.9. The lowest BCUT2D eigenvalue weighted by Gasteiger charge is -2.15. The summed E-state index contributed by atoms with van der Waals surface area (Å²) >= 11 is 0. The Labute approximate surface area is 129 Å². The van der Waals surface area contributed by atoms with Gasteiger partial charge < -0.3 is 5.32 Å². The maximum atomic E-state index is 13.9. The van der Waals surface area contributed by atoms with Crippen molar-refractivity contribution in [3.8, 4) is 0 Å². The Hall–Kier alpha value is -1.72. The molecule has 116 valence electrons. The lowest BCUT2D eigenvalue weighted by molar-refractivity contribution is 0.320. The molecule has 22 heavy (non-hydrogen) atoms. The van der Waals surface area contributed by atoms with Gasteiger partial charge in [0.1, 0.15) is 5.82 Å². The first kappa shape index (κ1) is 13.9. The second kappa shape index (κ2) is 5.82. The molecular formula is C17H21FN4. The van der Waals surface area contributed by atoms with Gasteiger partial charge in [-0.25, -0.2) is 4.39 Å². The fourth-order valence-corrected chi connectivity index (χ4v) is 3.59. The normalized spacial score (nSPS) is 22.0. The molecule has 2 aliphatic rings. The molecule has 1 aromatic carbocycles. The fourth-order valence-electron chi connectivity index (χ4n) is 3.59. The number of hydrogen-bond donors (Lipinski definition) is 1. The summed E-state index contributed by atoms with van der Waals surface area (Å²) in [6, 6.07) is 9.37. The molecule has 1 fully saturated rings. The molecule has 1 aromatic heterocycles. The topological polar surface area (TPSA) is 33.1 Å². The van der Waals surface area contributed by atoms with Crippen LogP contribution in [0.5, 0.6) is 0 Å². The molecule has 2 aliphatic heterocycles. The molecule has 1 atom stereocenters. The molecule has 0 amide bonds. The van der Waals surface area contributed by atoms with Crippen molar-refractivity contribution in [3.05, 3.63) is 53.1 Å². The predicted octanol–water partition coefficient (Wildman–Crippen LogP) is 2.11. The van der Waals surface area contributed by atoms with E-state index in [0.717, 1.165) is 56.9 Å². The molecule has 0 radical (unpaired) electrons. The van der Waals surface area contributed by atoms with Crippen molar-refractivity contribution in [1.29, 1.82) is 0 Å². The van der Waals surface area contributed by atoms with Crippen molar-refractivity contribution >= 4 is 0 Å². The SMILES string of the molecule is Fc1ccccc1[C@@H]1CCN(Cc2cc3n(n2)CCNC3)C1. The van der Waals surface area contributed by atoms with Crippen LogP contribution in [0, 0.1) is 5.82 Å². The summed E-state index contributed by atoms with van der Waals surface area (Å²) in [6.45, 7) is 5.65. The van der Waals surface area contributed by atoms with Gasteiger partial charge in [-0.3, -0.25) is 9.58 Å². The first-order chi connectivity index (χ1) is 10.8. The van der Waals surface area contributed by atoms with Gasteiger partial charge in [-0.15, -0.1) is 0 Å². The number of nitrogens with one attached hydrogen (secondary N) is 1. The molecular weight excluding hydrogens is 279 g/mol. The summed E-state index contributed by atoms with van der Waals surface area (Å²) in [4.78, 5) is 2.39. The van der Waals surface area contributed by atoms with E-state index < -0.39 is 0 Å². The summed E-state index contributed by atoms with van der Waals surface area (Å²) in [7, 11) is 0. The standard InChI is InChI=1S/C17H21FN4/c18-17-4-2-1-3-16(17)13-5-7-21(11-13)12-14-9-15-10-19-6-8-22(15)20-14/h1-4,9,13,19H,5-8,10-12H2/t13-/m1/s1. The number of fused-ring (bicyclic) bond motifs is 1. The number of rotatable bonds is 3. The summed E-state index contributed by atoms with van der Waals surface area (Å²) in [6.07, 6.45) is 1.02. The lowest BCUT2D eigenvalue weighted by Crippen LogP contribution is -2.28. The van der Waals surface area contributed by atoms with Crippen molar-refractivity contribution in [2.45, 2.75) is 32.0 Å². The van der Waals surface area contributed by atoms with E-state index in [9.17, 15) is 4.39 Å². The van der Waals surface area contributed by atoms with E-state index in [4.69, 9.17) is 5.10 Å². The van der Waals surface area contributed by atoms with E-state index in [1.807, 2.05) is 12.1 Å². The summed E-state index contributed by atoms with van der Waals surface area (Å²) in [5.41, 5.74) is 3.26. The summed E-state index contributed by atoms with van der Waals surface area (Å²) < 4.78 is 16.0. The Balaban J connectivity index is 1.43. The van der Waals surface area contributed by atoms with E-state index in [1.54, 1.807) is 12.1 Å². The van der Waals surface area contributed by atoms with Crippen molar-refractivity contribution in [3.63, 3.8) is 0 Å². The van der Waals surface area contributed by atoms with Gasteiger partial charge in [0, 0.05) is 32.1 Å². The number of benzene rings is 1. The van der Waals surface area contributed by atoms with E-state index >= 15 is 0 Å². The van der Waals surface area contributed by atoms with Gasteiger partial charge in [-0.2, -0.15) is 5.10 Å². The van der Waals surface area contributed by atoms with E-state index in [0.29, 0.717) is 5.92 Å². The van der Waals surface area contributed by atoms with Crippen LogP contribution in [-0.2, 0) is 19.6 Å². The maximum absolute atomic E-state index is 13.9. The molecule has 4 nitrogen and oxygen atoms in total. The average Bonchev–Trinajstić information content (AvgIpc) is 3.14. The van der Waals surface area contributed by atoms with Crippen LogP contribution in [0.1, 0.15) is 29.3 Å². The van der Waals surface area contributed by atoms with Gasteiger partial charge in [0.25, 0.3) is 0 Å². The Morgan fingerprint density at radius 2 is 2.18 bits per heavy atom. The third-order valence-corrected chi connectivity index (χ3v) is 4.72. The molecule has 0 spiro atoms. The molecule has 2 aromatic rings. The molecule has 0 unspecified atom stereocenters. The van der Waals surface area contributed by atoms with E-state index in [-0.39, 0.29) is 5.82 Å². The minimum Gasteiger partial charge on any atom is -0.309 e. The maximum Gasteiger partial charge on any atom is 0.126 e. The number of hydrogen-bond acceptors (Lipinski definition) is 3. The molecule has 1 N–H and O–H groups in total. The minimum absolute atomic E-state index is 0.0714. The predicted molar refractivity (Wildman–Crippen MR) is 83.0 cm³/mol. The summed E-state index contributed by atoms with van der Waals surface area (Å²) in [5, 5.41) is 8.06. The van der Waals surface area contributed by atoms with Crippen LogP contribution in [0.25, 0.3) is 0 Å². The van der Waals surface area contributed by atoms with Crippen LogP contribution in [-0.4, -0.2) is 34.3 Å². The third-order valence-electron chi connectivity index (χ3n) is 4.72. The number of halogens is 1. The Morgan fingerprint density at radius 3 is 3.05 bits per heavy atom. The van der Waals surface area contributed by atoms with Gasteiger partial charge >= 0.3 is 0 Å². The zero-order valence-electron chi connectivity index (χ0n) is 12.6. The highest BCUT2D eigenvalue weighted by Gasteiger charge is 2.26. The highest BCUT2D eigenvalue weighted by Crippen LogP contribution is 2.29. The van der Waals surface area contributed by atoms with Gasteiger partial charge in [-0.1, -0.05) is 18.2 Å². The quantitative estimate of drug-likeness (QED) is 0.942. The monoisotopic (exact) mass is 300 g/mol. The number of likely N-dealkylation sites (tertiary alicyclic amines) is 1. The highest BCUT2D eigenvalue weighted by molar-refractivity contribution is 5.23. The molecule has 1 saturated heterocycles. The van der Waals surface area contributed by atoms with Gasteiger partial charge in [0.2, 0.25) is 0 Å². The van der Waals surface area contributed by atoms with Gasteiger partial charge in [-0.05, 0) is 30.7 Å². The largest absolute Gasteiger partial charge is 0.309 e. The van der Waals surface area contributed by atoms with Gasteiger partial charge in [0.05, 0.1) is 17.9 Å². The third kappa shape index (κ3) is 2.66. The Kier molecular flexibility index (Phi) is 3.68. The fraction of sp³-hybridized carbons (Fsp3) is 0.471. The highest BCUT2D eigenvalue weighted by atomic mass is 19.1. The van der Waals surface area contributed by atoms with Crippen molar-refractivity contribution in [1.82, 2.24) is 20.0 Å². The molecule has 0 aliphatic carbocycles. The van der Waals surface area contributed by atoms with Crippen LogP contribution in [0.4, 0.5) is 4.39 Å². The molecule has 0 bridgehead atoms. The van der Waals surface area contributed by atoms with Crippen LogP contribution >= 0.6 is 0 Å². The van der Waals surface area contributed by atoms with Crippen LogP contribution in [0.3, 0.4) is 0 Å². The van der Waals surface area contributed by atoms with E-state index in [2.05, 4.69) is 21.0 Å². The van der Waals surface area contributed by atoms with Crippen molar-refractivity contribution < 1.29 is 4.39 Å². The molecule has 0 saturated carbocycles. The molecule has 5 heteroatoms. The lowest BCUT2D eigenvalue weighted by atomic mass is 9.98. The second-order valence-corrected chi connectivity index (χ2v) is 6.27. The second-order valence-electron chi connectivity index (χ2n) is 6.27. The summed E-state index contributed by atoms with van der Waals surface area (Å²) in [5.74, 6) is 0.234. The first-order valence-electron chi connectivity index (χ1n) is 8.03. The average molecular weight is 300 g/mol. The van der Waals surface area contributed by atoms with Crippen LogP contribution < -0.4 is 5.32 Å². The van der Waals surface area contributed by atoms with Crippen molar-refractivity contribution in [2.24, 2.45) is 0 Å². The zero-order valence-corrected chi connectivity index (χ0v) is 12.6. The molecule has 4 rings (SSSR count). The first-order valence-corrected chi connectivity index (χ1v) is 8.03. The van der Waals surface area contributed by atoms with Crippen LogP contribution in [0.15, 0.2) is 30.3 Å². The minimum atomic E-state index is -0.0714. The number of aromatic nitrogens is 2. The van der Waals surface area contributed by atoms with E-state index in [1.165, 1.54) is 5.69 Å². The molecule has 3 heterocycles.